The number of hydrogen-bond acceptors (Lipinski definition) is 4. The fourth-order valence-electron chi connectivity index (χ4n) is 1.02. The first-order chi connectivity index (χ1) is 6.92. The predicted octanol–water partition coefficient (Wildman–Crippen LogP) is 0.257. The lowest BCUT2D eigenvalue weighted by molar-refractivity contribution is 0.0981. The van der Waals surface area contributed by atoms with E-state index in [2.05, 4.69) is 0 Å². The molecule has 0 aliphatic carbocycles. The Morgan fingerprint density at radius 1 is 1.31 bits per heavy atom. The van der Waals surface area contributed by atoms with E-state index in [1.54, 1.807) is 12.1 Å². The highest BCUT2D eigenvalue weighted by molar-refractivity contribution is 7.89. The maximum Gasteiger partial charge on any atom is 0.264 e. The van der Waals surface area contributed by atoms with Crippen molar-refractivity contribution < 1.29 is 13.2 Å². The van der Waals surface area contributed by atoms with Crippen LogP contribution in [0, 0.1) is 0 Å². The number of carbonyl (C=O) groups is 1. The number of nitrogens with two attached hydrogens (primary N) is 1. The van der Waals surface area contributed by atoms with Gasteiger partial charge in [0, 0.05) is 12.1 Å². The quantitative estimate of drug-likeness (QED) is 0.819. The van der Waals surface area contributed by atoms with Gasteiger partial charge < -0.3 is 5.73 Å². The first kappa shape index (κ1) is 14.9. The molecule has 1 aromatic carbocycles. The van der Waals surface area contributed by atoms with Crippen molar-refractivity contribution in [3.05, 3.63) is 35.4 Å². The molecule has 0 unspecified atom stereocenters. The van der Waals surface area contributed by atoms with Gasteiger partial charge in [-0.15, -0.1) is 12.4 Å². The molecular weight excluding hydrogens is 252 g/mol. The van der Waals surface area contributed by atoms with Gasteiger partial charge in [-0.05, 0) is 17.7 Å². The summed E-state index contributed by atoms with van der Waals surface area (Å²) < 4.78 is 23.4. The molecule has 1 rings (SSSR count). The Morgan fingerprint density at radius 3 is 2.19 bits per heavy atom. The van der Waals surface area contributed by atoms with Crippen LogP contribution in [0.15, 0.2) is 24.3 Å². The van der Waals surface area contributed by atoms with Crippen molar-refractivity contribution in [1.82, 2.24) is 4.72 Å². The van der Waals surface area contributed by atoms with Crippen LogP contribution in [0.25, 0.3) is 0 Å². The fourth-order valence-corrected chi connectivity index (χ4v) is 1.47. The molecule has 0 heterocycles. The molecule has 0 atom stereocenters. The Hall–Kier alpha value is -1.11. The number of carbonyl (C=O) groups excluding carboxylic acids is 1. The number of amides is 1. The molecular formula is C9H13ClN2O3S. The highest BCUT2D eigenvalue weighted by Gasteiger charge is 2.10. The summed E-state index contributed by atoms with van der Waals surface area (Å²) in [7, 11) is -3.51. The monoisotopic (exact) mass is 264 g/mol. The molecule has 7 heteroatoms. The largest absolute Gasteiger partial charge is 0.326 e. The number of sulfonamides is 1. The van der Waals surface area contributed by atoms with Crippen LogP contribution in [0.5, 0.6) is 0 Å². The van der Waals surface area contributed by atoms with Crippen molar-refractivity contribution in [1.29, 1.82) is 0 Å². The summed E-state index contributed by atoms with van der Waals surface area (Å²) in [5, 5.41) is 0. The molecule has 0 saturated carbocycles. The number of rotatable bonds is 3. The molecule has 5 nitrogen and oxygen atoms in total. The van der Waals surface area contributed by atoms with Crippen LogP contribution in [0.2, 0.25) is 0 Å². The van der Waals surface area contributed by atoms with Crippen LogP contribution < -0.4 is 10.5 Å². The highest BCUT2D eigenvalue weighted by Crippen LogP contribution is 2.03. The molecule has 90 valence electrons. The van der Waals surface area contributed by atoms with E-state index in [1.807, 2.05) is 4.72 Å². The lowest BCUT2D eigenvalue weighted by Gasteiger charge is -2.03. The smallest absolute Gasteiger partial charge is 0.264 e. The van der Waals surface area contributed by atoms with Gasteiger partial charge in [0.15, 0.2) is 0 Å². The van der Waals surface area contributed by atoms with Gasteiger partial charge in [-0.1, -0.05) is 12.1 Å². The van der Waals surface area contributed by atoms with E-state index in [4.69, 9.17) is 5.73 Å². The minimum absolute atomic E-state index is 0. The van der Waals surface area contributed by atoms with Crippen molar-refractivity contribution in [2.75, 3.05) is 6.26 Å². The summed E-state index contributed by atoms with van der Waals surface area (Å²) in [4.78, 5) is 11.3. The van der Waals surface area contributed by atoms with E-state index in [-0.39, 0.29) is 18.0 Å². The Labute approximate surface area is 100 Å². The predicted molar refractivity (Wildman–Crippen MR) is 63.9 cm³/mol. The average Bonchev–Trinajstić information content (AvgIpc) is 2.15. The fraction of sp³-hybridized carbons (Fsp3) is 0.222. The van der Waals surface area contributed by atoms with E-state index in [0.29, 0.717) is 6.54 Å². The summed E-state index contributed by atoms with van der Waals surface area (Å²) in [5.74, 6) is -0.638. The Morgan fingerprint density at radius 2 is 1.81 bits per heavy atom. The van der Waals surface area contributed by atoms with Crippen LogP contribution >= 0.6 is 12.4 Å². The molecule has 16 heavy (non-hydrogen) atoms. The van der Waals surface area contributed by atoms with Gasteiger partial charge in [-0.2, -0.15) is 0 Å². The van der Waals surface area contributed by atoms with Crippen LogP contribution in [0.4, 0.5) is 0 Å². The summed E-state index contributed by atoms with van der Waals surface area (Å²) in [6.07, 6.45) is 0.930. The molecule has 0 saturated heterocycles. The van der Waals surface area contributed by atoms with E-state index in [1.165, 1.54) is 12.1 Å². The SMILES string of the molecule is CS(=O)(=O)NC(=O)c1ccc(CN)cc1.Cl. The third kappa shape index (κ3) is 4.61. The van der Waals surface area contributed by atoms with Crippen molar-refractivity contribution in [2.45, 2.75) is 6.54 Å². The number of halogens is 1. The Balaban J connectivity index is 0.00000225. The molecule has 0 aromatic heterocycles. The van der Waals surface area contributed by atoms with Crippen LogP contribution in [-0.4, -0.2) is 20.6 Å². The molecule has 1 aromatic rings. The van der Waals surface area contributed by atoms with Gasteiger partial charge in [-0.25, -0.2) is 13.1 Å². The van der Waals surface area contributed by atoms with E-state index in [0.717, 1.165) is 11.8 Å². The number of benzene rings is 1. The van der Waals surface area contributed by atoms with Gasteiger partial charge in [0.05, 0.1) is 6.26 Å². The molecule has 1 amide bonds. The highest BCUT2D eigenvalue weighted by atomic mass is 35.5. The molecule has 0 aliphatic heterocycles. The lowest BCUT2D eigenvalue weighted by atomic mass is 10.1. The Bertz CT molecular complexity index is 456. The third-order valence-electron chi connectivity index (χ3n) is 1.73. The van der Waals surface area contributed by atoms with Gasteiger partial charge >= 0.3 is 0 Å². The molecule has 0 aliphatic rings. The first-order valence-corrected chi connectivity index (χ1v) is 6.12. The summed E-state index contributed by atoms with van der Waals surface area (Å²) in [5.41, 5.74) is 6.55. The zero-order valence-corrected chi connectivity index (χ0v) is 10.3. The molecule has 0 fully saturated rings. The van der Waals surface area contributed by atoms with E-state index in [9.17, 15) is 13.2 Å². The summed E-state index contributed by atoms with van der Waals surface area (Å²) in [6, 6.07) is 6.42. The Kier molecular flexibility index (Phi) is 5.43. The van der Waals surface area contributed by atoms with Crippen LogP contribution in [0.3, 0.4) is 0 Å². The third-order valence-corrected chi connectivity index (χ3v) is 2.29. The lowest BCUT2D eigenvalue weighted by Crippen LogP contribution is -2.29. The van der Waals surface area contributed by atoms with E-state index < -0.39 is 15.9 Å². The second kappa shape index (κ2) is 5.83. The topological polar surface area (TPSA) is 89.3 Å². The van der Waals surface area contributed by atoms with Gasteiger partial charge in [0.1, 0.15) is 0 Å². The van der Waals surface area contributed by atoms with Crippen molar-refractivity contribution >= 4 is 28.3 Å². The average molecular weight is 265 g/mol. The summed E-state index contributed by atoms with van der Waals surface area (Å²) >= 11 is 0. The van der Waals surface area contributed by atoms with Gasteiger partial charge in [0.25, 0.3) is 5.91 Å². The minimum Gasteiger partial charge on any atom is -0.326 e. The molecule has 0 spiro atoms. The second-order valence-corrected chi connectivity index (χ2v) is 4.85. The van der Waals surface area contributed by atoms with E-state index >= 15 is 0 Å². The van der Waals surface area contributed by atoms with Crippen molar-refractivity contribution in [3.8, 4) is 0 Å². The van der Waals surface area contributed by atoms with Crippen molar-refractivity contribution in [2.24, 2.45) is 5.73 Å². The number of nitrogens with one attached hydrogen (secondary N) is 1. The molecule has 0 radical (unpaired) electrons. The standard InChI is InChI=1S/C9H12N2O3S.ClH/c1-15(13,14)11-9(12)8-4-2-7(6-10)3-5-8;/h2-5H,6,10H2,1H3,(H,11,12);1H. The second-order valence-electron chi connectivity index (χ2n) is 3.10. The zero-order chi connectivity index (χ0) is 11.5. The molecule has 3 N–H and O–H groups in total. The van der Waals surface area contributed by atoms with Gasteiger partial charge in [0.2, 0.25) is 10.0 Å². The molecule has 0 bridgehead atoms. The van der Waals surface area contributed by atoms with Crippen LogP contribution in [-0.2, 0) is 16.6 Å². The van der Waals surface area contributed by atoms with Crippen molar-refractivity contribution in [3.63, 3.8) is 0 Å². The number of hydrogen-bond donors (Lipinski definition) is 2. The maximum absolute atomic E-state index is 11.3. The summed E-state index contributed by atoms with van der Waals surface area (Å²) in [6.45, 7) is 0.383. The first-order valence-electron chi connectivity index (χ1n) is 4.23. The maximum atomic E-state index is 11.3. The minimum atomic E-state index is -3.51. The zero-order valence-electron chi connectivity index (χ0n) is 8.64. The van der Waals surface area contributed by atoms with Crippen LogP contribution in [0.1, 0.15) is 15.9 Å². The normalized spacial score (nSPS) is 10.4. The van der Waals surface area contributed by atoms with Gasteiger partial charge in [-0.3, -0.25) is 4.79 Å².